The molecule has 0 amide bonds. The summed E-state index contributed by atoms with van der Waals surface area (Å²) in [5.74, 6) is 1.22. The van der Waals surface area contributed by atoms with Crippen molar-refractivity contribution in [2.75, 3.05) is 5.75 Å². The summed E-state index contributed by atoms with van der Waals surface area (Å²) in [5, 5.41) is 0.843. The van der Waals surface area contributed by atoms with Gasteiger partial charge in [-0.1, -0.05) is 39.8 Å². The van der Waals surface area contributed by atoms with Gasteiger partial charge in [-0.2, -0.15) is 0 Å². The van der Waals surface area contributed by atoms with E-state index in [0.29, 0.717) is 5.75 Å². The van der Waals surface area contributed by atoms with Crippen LogP contribution in [-0.2, 0) is 0 Å². The predicted molar refractivity (Wildman–Crippen MR) is 80.7 cm³/mol. The molecule has 0 unspecified atom stereocenters. The Kier molecular flexibility index (Phi) is 4.71. The summed E-state index contributed by atoms with van der Waals surface area (Å²) >= 11 is 4.80. The summed E-state index contributed by atoms with van der Waals surface area (Å²) in [6, 6.07) is 9.28. The Morgan fingerprint density at radius 3 is 2.53 bits per heavy atom. The first kappa shape index (κ1) is 14.2. The maximum absolute atomic E-state index is 12.0. The summed E-state index contributed by atoms with van der Waals surface area (Å²) in [4.78, 5) is 20.5. The minimum absolute atomic E-state index is 0.103. The largest absolute Gasteiger partial charge is 0.293 e. The van der Waals surface area contributed by atoms with Crippen LogP contribution in [0.4, 0.5) is 0 Å². The van der Waals surface area contributed by atoms with Gasteiger partial charge in [-0.15, -0.1) is 0 Å². The number of carbonyl (C=O) groups is 1. The van der Waals surface area contributed by atoms with Gasteiger partial charge in [0.2, 0.25) is 0 Å². The summed E-state index contributed by atoms with van der Waals surface area (Å²) in [7, 11) is 0. The topological polar surface area (TPSA) is 42.9 Å². The average molecular weight is 337 g/mol. The molecule has 0 radical (unpaired) electrons. The fourth-order valence-electron chi connectivity index (χ4n) is 1.62. The number of ketones is 1. The molecule has 0 spiro atoms. The number of Topliss-reactive ketones (excluding diaryl/α,β-unsaturated/α-hetero) is 1. The molecule has 0 bridgehead atoms. The molecule has 0 fully saturated rings. The second kappa shape index (κ2) is 6.30. The first-order valence-corrected chi connectivity index (χ1v) is 7.56. The maximum Gasteiger partial charge on any atom is 0.173 e. The molecule has 1 aromatic heterocycles. The Morgan fingerprint density at radius 2 is 1.89 bits per heavy atom. The van der Waals surface area contributed by atoms with E-state index in [4.69, 9.17) is 0 Å². The highest BCUT2D eigenvalue weighted by Gasteiger charge is 2.08. The Morgan fingerprint density at radius 1 is 1.21 bits per heavy atom. The van der Waals surface area contributed by atoms with Crippen molar-refractivity contribution in [1.82, 2.24) is 9.97 Å². The molecule has 0 N–H and O–H groups in total. The third-order valence-corrected chi connectivity index (χ3v) is 3.90. The van der Waals surface area contributed by atoms with E-state index in [9.17, 15) is 4.79 Å². The van der Waals surface area contributed by atoms with Gasteiger partial charge >= 0.3 is 0 Å². The summed E-state index contributed by atoms with van der Waals surface area (Å²) in [5.41, 5.74) is 1.64. The molecule has 0 aliphatic rings. The summed E-state index contributed by atoms with van der Waals surface area (Å²) in [6.07, 6.45) is 0. The van der Waals surface area contributed by atoms with E-state index in [1.165, 1.54) is 11.8 Å². The second-order valence-corrected chi connectivity index (χ2v) is 6.02. The van der Waals surface area contributed by atoms with Crippen LogP contribution >= 0.6 is 27.7 Å². The third-order valence-electron chi connectivity index (χ3n) is 2.46. The number of hydrogen-bond acceptors (Lipinski definition) is 4. The van der Waals surface area contributed by atoms with Gasteiger partial charge in [0.25, 0.3) is 0 Å². The lowest BCUT2D eigenvalue weighted by molar-refractivity contribution is 0.102. The van der Waals surface area contributed by atoms with Crippen molar-refractivity contribution in [1.29, 1.82) is 0 Å². The van der Waals surface area contributed by atoms with E-state index in [1.54, 1.807) is 0 Å². The fraction of sp³-hybridized carbons (Fsp3) is 0.214. The molecule has 2 aromatic rings. The van der Waals surface area contributed by atoms with Gasteiger partial charge in [0.15, 0.2) is 5.78 Å². The van der Waals surface area contributed by atoms with Gasteiger partial charge in [-0.05, 0) is 32.0 Å². The first-order chi connectivity index (χ1) is 9.04. The van der Waals surface area contributed by atoms with Crippen molar-refractivity contribution in [3.8, 4) is 0 Å². The van der Waals surface area contributed by atoms with Crippen molar-refractivity contribution < 1.29 is 4.79 Å². The molecule has 5 heteroatoms. The van der Waals surface area contributed by atoms with Crippen molar-refractivity contribution in [2.45, 2.75) is 18.9 Å². The Bertz CT molecular complexity index is 579. The molecule has 1 aromatic carbocycles. The molecule has 3 nitrogen and oxygen atoms in total. The van der Waals surface area contributed by atoms with Gasteiger partial charge in [0, 0.05) is 15.7 Å². The number of aryl methyl sites for hydroxylation is 2. The Balaban J connectivity index is 2.02. The standard InChI is InChI=1S/C14H13BrN2OS/c1-9-7-14(17-10(2)16-9)19-8-13(18)11-3-5-12(15)6-4-11/h3-7H,8H2,1-2H3. The molecule has 0 saturated carbocycles. The SMILES string of the molecule is Cc1cc(SCC(=O)c2ccc(Br)cc2)nc(C)n1. The lowest BCUT2D eigenvalue weighted by atomic mass is 10.2. The van der Waals surface area contributed by atoms with Crippen LogP contribution in [0.3, 0.4) is 0 Å². The van der Waals surface area contributed by atoms with Crippen LogP contribution in [0.1, 0.15) is 21.9 Å². The van der Waals surface area contributed by atoms with Gasteiger partial charge in [0.1, 0.15) is 10.9 Å². The van der Waals surface area contributed by atoms with E-state index in [2.05, 4.69) is 25.9 Å². The predicted octanol–water partition coefficient (Wildman–Crippen LogP) is 3.83. The highest BCUT2D eigenvalue weighted by atomic mass is 79.9. The zero-order valence-electron chi connectivity index (χ0n) is 10.7. The normalized spacial score (nSPS) is 10.5. The van der Waals surface area contributed by atoms with Crippen LogP contribution < -0.4 is 0 Å². The third kappa shape index (κ3) is 4.14. The quantitative estimate of drug-likeness (QED) is 0.483. The van der Waals surface area contributed by atoms with Crippen LogP contribution in [0, 0.1) is 13.8 Å². The van der Waals surface area contributed by atoms with Crippen LogP contribution in [0.5, 0.6) is 0 Å². The second-order valence-electron chi connectivity index (χ2n) is 4.11. The van der Waals surface area contributed by atoms with E-state index in [-0.39, 0.29) is 5.78 Å². The molecule has 98 valence electrons. The highest BCUT2D eigenvalue weighted by Crippen LogP contribution is 2.18. The van der Waals surface area contributed by atoms with Gasteiger partial charge in [0.05, 0.1) is 5.75 Å². The summed E-state index contributed by atoms with van der Waals surface area (Å²) in [6.45, 7) is 3.78. The molecular weight excluding hydrogens is 324 g/mol. The smallest absolute Gasteiger partial charge is 0.173 e. The zero-order chi connectivity index (χ0) is 13.8. The minimum Gasteiger partial charge on any atom is -0.293 e. The Hall–Kier alpha value is -1.20. The summed E-state index contributed by atoms with van der Waals surface area (Å²) < 4.78 is 0.971. The monoisotopic (exact) mass is 336 g/mol. The number of rotatable bonds is 4. The number of thioether (sulfide) groups is 1. The number of nitrogens with zero attached hydrogens (tertiary/aromatic N) is 2. The van der Waals surface area contributed by atoms with Gasteiger partial charge < -0.3 is 0 Å². The fourth-order valence-corrected chi connectivity index (χ4v) is 2.78. The van der Waals surface area contributed by atoms with Crippen LogP contribution in [0.25, 0.3) is 0 Å². The lowest BCUT2D eigenvalue weighted by Gasteiger charge is -2.03. The van der Waals surface area contributed by atoms with E-state index in [1.807, 2.05) is 44.2 Å². The van der Waals surface area contributed by atoms with Crippen LogP contribution in [0.15, 0.2) is 39.8 Å². The van der Waals surface area contributed by atoms with E-state index in [0.717, 1.165) is 26.6 Å². The number of carbonyl (C=O) groups excluding carboxylic acids is 1. The average Bonchev–Trinajstić information content (AvgIpc) is 2.36. The molecule has 2 rings (SSSR count). The first-order valence-electron chi connectivity index (χ1n) is 5.78. The number of benzene rings is 1. The Labute approximate surface area is 125 Å². The molecule has 0 saturated heterocycles. The number of hydrogen-bond donors (Lipinski definition) is 0. The van der Waals surface area contributed by atoms with Crippen LogP contribution in [0.2, 0.25) is 0 Å². The molecule has 1 heterocycles. The number of aromatic nitrogens is 2. The van der Waals surface area contributed by atoms with E-state index < -0.39 is 0 Å². The van der Waals surface area contributed by atoms with Crippen molar-refractivity contribution in [2.24, 2.45) is 0 Å². The van der Waals surface area contributed by atoms with Crippen molar-refractivity contribution in [3.63, 3.8) is 0 Å². The molecule has 0 aliphatic heterocycles. The van der Waals surface area contributed by atoms with Gasteiger partial charge in [-0.25, -0.2) is 9.97 Å². The minimum atomic E-state index is 0.103. The number of halogens is 1. The van der Waals surface area contributed by atoms with Gasteiger partial charge in [-0.3, -0.25) is 4.79 Å². The molecule has 0 aliphatic carbocycles. The molecular formula is C14H13BrN2OS. The zero-order valence-corrected chi connectivity index (χ0v) is 13.1. The van der Waals surface area contributed by atoms with Crippen LogP contribution in [-0.4, -0.2) is 21.5 Å². The molecule has 19 heavy (non-hydrogen) atoms. The highest BCUT2D eigenvalue weighted by molar-refractivity contribution is 9.10. The van der Waals surface area contributed by atoms with Crippen molar-refractivity contribution >= 4 is 33.5 Å². The maximum atomic E-state index is 12.0. The lowest BCUT2D eigenvalue weighted by Crippen LogP contribution is -2.03. The van der Waals surface area contributed by atoms with E-state index >= 15 is 0 Å². The van der Waals surface area contributed by atoms with Crippen molar-refractivity contribution in [3.05, 3.63) is 51.9 Å². The molecule has 0 atom stereocenters.